The number of primary amides is 1. The Labute approximate surface area is 101 Å². The molecule has 5 nitrogen and oxygen atoms in total. The smallest absolute Gasteiger partial charge is 0.220 e. The summed E-state index contributed by atoms with van der Waals surface area (Å²) in [6.45, 7) is 1.70. The molecule has 1 aromatic heterocycles. The highest BCUT2D eigenvalue weighted by molar-refractivity contribution is 5.77. The lowest BCUT2D eigenvalue weighted by atomic mass is 9.96. The molecule has 0 unspecified atom stereocenters. The third kappa shape index (κ3) is 2.67. The molecule has 0 aliphatic carbocycles. The zero-order chi connectivity index (χ0) is 12.3. The van der Waals surface area contributed by atoms with E-state index in [4.69, 9.17) is 10.5 Å². The Morgan fingerprint density at radius 1 is 1.47 bits per heavy atom. The first kappa shape index (κ1) is 11.7. The second kappa shape index (κ2) is 5.03. The molecule has 92 valence electrons. The molecule has 1 amide bonds. The summed E-state index contributed by atoms with van der Waals surface area (Å²) < 4.78 is 5.01. The lowest BCUT2D eigenvalue weighted by Crippen LogP contribution is -2.38. The fourth-order valence-corrected chi connectivity index (χ4v) is 2.10. The summed E-state index contributed by atoms with van der Waals surface area (Å²) in [7, 11) is 1.60. The van der Waals surface area contributed by atoms with Crippen LogP contribution >= 0.6 is 0 Å². The predicted molar refractivity (Wildman–Crippen MR) is 64.9 cm³/mol. The number of nitrogens with two attached hydrogens (primary N) is 1. The Balaban J connectivity index is 1.97. The molecule has 0 radical (unpaired) electrons. The van der Waals surface area contributed by atoms with Crippen molar-refractivity contribution < 1.29 is 9.53 Å². The van der Waals surface area contributed by atoms with Gasteiger partial charge in [0, 0.05) is 25.1 Å². The number of nitrogens with zero attached hydrogens (tertiary/aromatic N) is 2. The molecular formula is C12H17N3O2. The molecule has 0 spiro atoms. The number of pyridine rings is 1. The van der Waals surface area contributed by atoms with Crippen LogP contribution in [0.3, 0.4) is 0 Å². The zero-order valence-corrected chi connectivity index (χ0v) is 9.93. The third-order valence-electron chi connectivity index (χ3n) is 3.19. The van der Waals surface area contributed by atoms with E-state index in [1.807, 2.05) is 12.1 Å². The van der Waals surface area contributed by atoms with Gasteiger partial charge in [0.05, 0.1) is 19.0 Å². The summed E-state index contributed by atoms with van der Waals surface area (Å²) in [5.74, 6) is 0.454. The summed E-state index contributed by atoms with van der Waals surface area (Å²) in [5.41, 5.74) is 6.37. The maximum atomic E-state index is 11.1. The van der Waals surface area contributed by atoms with Crippen molar-refractivity contribution >= 4 is 11.6 Å². The number of carbonyl (C=O) groups is 1. The van der Waals surface area contributed by atoms with E-state index < -0.39 is 0 Å². The van der Waals surface area contributed by atoms with E-state index in [2.05, 4.69) is 9.88 Å². The second-order valence-corrected chi connectivity index (χ2v) is 4.22. The first-order valence-corrected chi connectivity index (χ1v) is 5.75. The van der Waals surface area contributed by atoms with Gasteiger partial charge >= 0.3 is 0 Å². The minimum Gasteiger partial charge on any atom is -0.481 e. The summed E-state index contributed by atoms with van der Waals surface area (Å²) >= 11 is 0. The van der Waals surface area contributed by atoms with E-state index in [0.29, 0.717) is 5.88 Å². The molecule has 17 heavy (non-hydrogen) atoms. The van der Waals surface area contributed by atoms with Gasteiger partial charge in [-0.2, -0.15) is 0 Å². The number of hydrogen-bond acceptors (Lipinski definition) is 4. The van der Waals surface area contributed by atoms with Gasteiger partial charge in [-0.05, 0) is 18.9 Å². The first-order chi connectivity index (χ1) is 8.20. The summed E-state index contributed by atoms with van der Waals surface area (Å²) in [4.78, 5) is 17.4. The van der Waals surface area contributed by atoms with Gasteiger partial charge < -0.3 is 15.4 Å². The van der Waals surface area contributed by atoms with E-state index in [-0.39, 0.29) is 11.8 Å². The number of methoxy groups -OCH3 is 1. The Morgan fingerprint density at radius 3 is 2.65 bits per heavy atom. The normalized spacial score (nSPS) is 16.9. The highest BCUT2D eigenvalue weighted by Crippen LogP contribution is 2.23. The predicted octanol–water partition coefficient (Wildman–Crippen LogP) is 0.792. The van der Waals surface area contributed by atoms with E-state index in [1.54, 1.807) is 13.3 Å². The lowest BCUT2D eigenvalue weighted by molar-refractivity contribution is -0.122. The topological polar surface area (TPSA) is 68.5 Å². The highest BCUT2D eigenvalue weighted by Gasteiger charge is 2.23. The molecule has 5 heteroatoms. The van der Waals surface area contributed by atoms with Gasteiger partial charge in [0.2, 0.25) is 11.8 Å². The average Bonchev–Trinajstić information content (AvgIpc) is 2.39. The van der Waals surface area contributed by atoms with Crippen molar-refractivity contribution in [1.29, 1.82) is 0 Å². The monoisotopic (exact) mass is 235 g/mol. The number of piperidine rings is 1. The SMILES string of the molecule is COc1ccc(N2CCC(C(N)=O)CC2)cn1. The van der Waals surface area contributed by atoms with Crippen LogP contribution in [0, 0.1) is 5.92 Å². The lowest BCUT2D eigenvalue weighted by Gasteiger charge is -2.32. The molecule has 1 saturated heterocycles. The Morgan fingerprint density at radius 2 is 2.18 bits per heavy atom. The molecule has 0 atom stereocenters. The van der Waals surface area contributed by atoms with Crippen molar-refractivity contribution in [2.24, 2.45) is 11.7 Å². The number of ether oxygens (including phenoxy) is 1. The van der Waals surface area contributed by atoms with Crippen LogP contribution < -0.4 is 15.4 Å². The summed E-state index contributed by atoms with van der Waals surface area (Å²) in [6, 6.07) is 3.83. The van der Waals surface area contributed by atoms with Gasteiger partial charge in [-0.1, -0.05) is 0 Å². The third-order valence-corrected chi connectivity index (χ3v) is 3.19. The number of hydrogen-bond donors (Lipinski definition) is 1. The van der Waals surface area contributed by atoms with Crippen LogP contribution in [-0.4, -0.2) is 31.1 Å². The largest absolute Gasteiger partial charge is 0.481 e. The van der Waals surface area contributed by atoms with Crippen molar-refractivity contribution in [1.82, 2.24) is 4.98 Å². The van der Waals surface area contributed by atoms with Crippen LogP contribution in [0.15, 0.2) is 18.3 Å². The highest BCUT2D eigenvalue weighted by atomic mass is 16.5. The maximum Gasteiger partial charge on any atom is 0.220 e. The fraction of sp³-hybridized carbons (Fsp3) is 0.500. The molecule has 0 bridgehead atoms. The van der Waals surface area contributed by atoms with Crippen molar-refractivity contribution in [3.05, 3.63) is 18.3 Å². The van der Waals surface area contributed by atoms with E-state index in [9.17, 15) is 4.79 Å². The minimum absolute atomic E-state index is 0.0254. The summed E-state index contributed by atoms with van der Waals surface area (Å²) in [5, 5.41) is 0. The molecule has 1 aliphatic heterocycles. The van der Waals surface area contributed by atoms with Crippen molar-refractivity contribution in [2.75, 3.05) is 25.1 Å². The number of amides is 1. The summed E-state index contributed by atoms with van der Waals surface area (Å²) in [6.07, 6.45) is 3.44. The van der Waals surface area contributed by atoms with Gasteiger partial charge in [-0.25, -0.2) is 4.98 Å². The van der Waals surface area contributed by atoms with Gasteiger partial charge in [0.15, 0.2) is 0 Å². The van der Waals surface area contributed by atoms with Crippen molar-refractivity contribution in [3.8, 4) is 5.88 Å². The Bertz CT molecular complexity index is 383. The molecule has 1 fully saturated rings. The molecule has 0 saturated carbocycles. The van der Waals surface area contributed by atoms with Crippen molar-refractivity contribution in [3.63, 3.8) is 0 Å². The number of carbonyl (C=O) groups excluding carboxylic acids is 1. The van der Waals surface area contributed by atoms with Crippen LogP contribution in [0.5, 0.6) is 5.88 Å². The average molecular weight is 235 g/mol. The first-order valence-electron chi connectivity index (χ1n) is 5.75. The van der Waals surface area contributed by atoms with Crippen LogP contribution in [0.4, 0.5) is 5.69 Å². The van der Waals surface area contributed by atoms with Gasteiger partial charge in [0.1, 0.15) is 0 Å². The standard InChI is InChI=1S/C12H17N3O2/c1-17-11-3-2-10(8-14-11)15-6-4-9(5-7-15)12(13)16/h2-3,8-9H,4-7H2,1H3,(H2,13,16). The van der Waals surface area contributed by atoms with Gasteiger partial charge in [-0.3, -0.25) is 4.79 Å². The van der Waals surface area contributed by atoms with E-state index >= 15 is 0 Å². The molecular weight excluding hydrogens is 218 g/mol. The Kier molecular flexibility index (Phi) is 3.46. The molecule has 2 rings (SSSR count). The zero-order valence-electron chi connectivity index (χ0n) is 9.93. The molecule has 0 aromatic carbocycles. The van der Waals surface area contributed by atoms with Crippen LogP contribution in [0.25, 0.3) is 0 Å². The fourth-order valence-electron chi connectivity index (χ4n) is 2.10. The Hall–Kier alpha value is -1.78. The number of anilines is 1. The molecule has 1 aliphatic rings. The molecule has 1 aromatic rings. The van der Waals surface area contributed by atoms with E-state index in [0.717, 1.165) is 31.6 Å². The van der Waals surface area contributed by atoms with Gasteiger partial charge in [-0.15, -0.1) is 0 Å². The number of aromatic nitrogens is 1. The number of rotatable bonds is 3. The van der Waals surface area contributed by atoms with Crippen molar-refractivity contribution in [2.45, 2.75) is 12.8 Å². The van der Waals surface area contributed by atoms with E-state index in [1.165, 1.54) is 0 Å². The maximum absolute atomic E-state index is 11.1. The molecule has 2 heterocycles. The van der Waals surface area contributed by atoms with Crippen LogP contribution in [-0.2, 0) is 4.79 Å². The van der Waals surface area contributed by atoms with Gasteiger partial charge in [0.25, 0.3) is 0 Å². The van der Waals surface area contributed by atoms with Crippen LogP contribution in [0.1, 0.15) is 12.8 Å². The van der Waals surface area contributed by atoms with Crippen LogP contribution in [0.2, 0.25) is 0 Å². The second-order valence-electron chi connectivity index (χ2n) is 4.22. The minimum atomic E-state index is -0.183. The molecule has 2 N–H and O–H groups in total. The quantitative estimate of drug-likeness (QED) is 0.841.